The number of allylic oxidation sites excluding steroid dienone is 7. The zero-order valence-electron chi connectivity index (χ0n) is 36.4. The van der Waals surface area contributed by atoms with E-state index in [0.717, 1.165) is 70.6 Å². The molecule has 3 unspecified atom stereocenters. The number of unbranched alkanes of at least 4 members (excludes halogenated alkanes) is 21. The average Bonchev–Trinajstić information content (AvgIpc) is 3.13. The highest BCUT2D eigenvalue weighted by atomic mass is 31.2. The van der Waals surface area contributed by atoms with Gasteiger partial charge in [0.2, 0.25) is 5.91 Å². The SMILES string of the molecule is CCC/C=C\CCCCCCCC(=O)NC(COP(=O)(O)OCC[N+](C)(C)C)C(O)/C=C/CC/C=C/CC/C=C/CCCCCCCCCCCCCCC. The minimum atomic E-state index is -4.35. The van der Waals surface area contributed by atoms with E-state index in [-0.39, 0.29) is 19.1 Å². The Morgan fingerprint density at radius 1 is 0.600 bits per heavy atom. The lowest BCUT2D eigenvalue weighted by atomic mass is 10.0. The number of phosphoric acid groups is 1. The molecule has 0 heterocycles. The molecule has 0 aromatic carbocycles. The molecular formula is C46H88N2O6P+. The lowest BCUT2D eigenvalue weighted by Gasteiger charge is -2.25. The predicted octanol–water partition coefficient (Wildman–Crippen LogP) is 12.5. The van der Waals surface area contributed by atoms with Gasteiger partial charge in [0.15, 0.2) is 0 Å². The van der Waals surface area contributed by atoms with E-state index in [2.05, 4.69) is 55.6 Å². The standard InChI is InChI=1S/C46H87N2O6P/c1-6-8-10-12-14-16-18-19-20-21-22-23-24-25-26-27-28-29-30-31-33-35-37-39-45(49)44(43-54-55(51,52)53-42-41-48(3,4)5)47-46(50)40-38-36-34-32-17-15-13-11-9-7-2/h11,13,26-27,30-31,37,39,44-45,49H,6-10,12,14-25,28-29,32-36,38,40-43H2,1-5H3,(H-,47,50,51,52)/p+1/b13-11-,27-26+,31-30+,39-37+. The van der Waals surface area contributed by atoms with E-state index in [4.69, 9.17) is 9.05 Å². The normalized spacial score (nSPS) is 14.8. The Labute approximate surface area is 339 Å². The Hall–Kier alpha value is -1.54. The quantitative estimate of drug-likeness (QED) is 0.0247. The summed E-state index contributed by atoms with van der Waals surface area (Å²) in [5.74, 6) is -0.205. The van der Waals surface area contributed by atoms with E-state index in [1.165, 1.54) is 96.3 Å². The third-order valence-electron chi connectivity index (χ3n) is 9.73. The second kappa shape index (κ2) is 38.0. The number of aliphatic hydroxyl groups is 1. The summed E-state index contributed by atoms with van der Waals surface area (Å²) in [6.45, 7) is 4.70. The lowest BCUT2D eigenvalue weighted by Crippen LogP contribution is -2.45. The van der Waals surface area contributed by atoms with Crippen molar-refractivity contribution in [1.82, 2.24) is 5.32 Å². The van der Waals surface area contributed by atoms with Gasteiger partial charge in [0.1, 0.15) is 13.2 Å². The number of amides is 1. The summed E-state index contributed by atoms with van der Waals surface area (Å²) >= 11 is 0. The minimum Gasteiger partial charge on any atom is -0.387 e. The van der Waals surface area contributed by atoms with Crippen molar-refractivity contribution in [2.75, 3.05) is 40.9 Å². The largest absolute Gasteiger partial charge is 0.472 e. The molecule has 0 fully saturated rings. The van der Waals surface area contributed by atoms with Gasteiger partial charge >= 0.3 is 7.82 Å². The first-order valence-electron chi connectivity index (χ1n) is 22.5. The van der Waals surface area contributed by atoms with Crippen LogP contribution in [0, 0.1) is 0 Å². The summed E-state index contributed by atoms with van der Waals surface area (Å²) in [5.41, 5.74) is 0. The second-order valence-electron chi connectivity index (χ2n) is 16.4. The number of nitrogens with zero attached hydrogens (tertiary/aromatic N) is 1. The van der Waals surface area contributed by atoms with Crippen molar-refractivity contribution in [2.24, 2.45) is 0 Å². The van der Waals surface area contributed by atoms with Crippen LogP contribution in [0.15, 0.2) is 48.6 Å². The van der Waals surface area contributed by atoms with Gasteiger partial charge in [0, 0.05) is 6.42 Å². The minimum absolute atomic E-state index is 0.0507. The van der Waals surface area contributed by atoms with Crippen molar-refractivity contribution in [2.45, 2.75) is 199 Å². The molecule has 0 bridgehead atoms. The van der Waals surface area contributed by atoms with Crippen LogP contribution in [-0.4, -0.2) is 73.4 Å². The summed E-state index contributed by atoms with van der Waals surface area (Å²) in [4.78, 5) is 23.0. The zero-order chi connectivity index (χ0) is 40.7. The monoisotopic (exact) mass is 796 g/mol. The Morgan fingerprint density at radius 2 is 1.04 bits per heavy atom. The van der Waals surface area contributed by atoms with E-state index in [1.54, 1.807) is 6.08 Å². The summed E-state index contributed by atoms with van der Waals surface area (Å²) in [7, 11) is 1.53. The first-order chi connectivity index (χ1) is 26.5. The summed E-state index contributed by atoms with van der Waals surface area (Å²) in [6.07, 6.45) is 47.7. The maximum Gasteiger partial charge on any atom is 0.472 e. The highest BCUT2D eigenvalue weighted by molar-refractivity contribution is 7.47. The summed E-state index contributed by atoms with van der Waals surface area (Å²) in [6, 6.07) is -0.872. The number of carbonyl (C=O) groups excluding carboxylic acids is 1. The molecule has 0 aliphatic carbocycles. The fourth-order valence-electron chi connectivity index (χ4n) is 6.13. The maximum atomic E-state index is 12.8. The molecule has 0 aliphatic rings. The molecule has 9 heteroatoms. The highest BCUT2D eigenvalue weighted by Gasteiger charge is 2.27. The van der Waals surface area contributed by atoms with Crippen LogP contribution >= 0.6 is 7.82 Å². The van der Waals surface area contributed by atoms with Gasteiger partial charge in [-0.15, -0.1) is 0 Å². The van der Waals surface area contributed by atoms with Crippen LogP contribution in [0.2, 0.25) is 0 Å². The van der Waals surface area contributed by atoms with Crippen molar-refractivity contribution in [3.8, 4) is 0 Å². The van der Waals surface area contributed by atoms with Crippen molar-refractivity contribution >= 4 is 13.7 Å². The van der Waals surface area contributed by atoms with Crippen LogP contribution in [0.3, 0.4) is 0 Å². The molecule has 322 valence electrons. The van der Waals surface area contributed by atoms with E-state index < -0.39 is 20.0 Å². The van der Waals surface area contributed by atoms with Gasteiger partial charge in [-0.25, -0.2) is 4.57 Å². The van der Waals surface area contributed by atoms with E-state index in [1.807, 2.05) is 27.2 Å². The lowest BCUT2D eigenvalue weighted by molar-refractivity contribution is -0.870. The van der Waals surface area contributed by atoms with Gasteiger partial charge in [0.25, 0.3) is 0 Å². The number of hydrogen-bond acceptors (Lipinski definition) is 5. The number of hydrogen-bond donors (Lipinski definition) is 3. The van der Waals surface area contributed by atoms with Crippen LogP contribution < -0.4 is 5.32 Å². The molecule has 1 amide bonds. The van der Waals surface area contributed by atoms with E-state index >= 15 is 0 Å². The number of likely N-dealkylation sites (N-methyl/N-ethyl adjacent to an activating group) is 1. The van der Waals surface area contributed by atoms with Crippen LogP contribution in [0.1, 0.15) is 187 Å². The number of carbonyl (C=O) groups is 1. The van der Waals surface area contributed by atoms with E-state index in [0.29, 0.717) is 17.4 Å². The van der Waals surface area contributed by atoms with Gasteiger partial charge < -0.3 is 19.8 Å². The number of quaternary nitrogens is 1. The van der Waals surface area contributed by atoms with Gasteiger partial charge in [-0.1, -0.05) is 165 Å². The van der Waals surface area contributed by atoms with Crippen molar-refractivity contribution in [1.29, 1.82) is 0 Å². The van der Waals surface area contributed by atoms with Crippen LogP contribution in [0.5, 0.6) is 0 Å². The fraction of sp³-hybridized carbons (Fsp3) is 0.804. The molecule has 0 aromatic rings. The molecule has 0 spiro atoms. The Morgan fingerprint density at radius 3 is 1.53 bits per heavy atom. The van der Waals surface area contributed by atoms with Crippen molar-refractivity contribution < 1.29 is 32.9 Å². The van der Waals surface area contributed by atoms with Crippen molar-refractivity contribution in [3.05, 3.63) is 48.6 Å². The third kappa shape index (κ3) is 40.5. The molecular weight excluding hydrogens is 707 g/mol. The molecule has 0 saturated carbocycles. The molecule has 0 aromatic heterocycles. The number of rotatable bonds is 40. The van der Waals surface area contributed by atoms with Gasteiger partial charge in [-0.2, -0.15) is 0 Å². The molecule has 0 aliphatic heterocycles. The molecule has 0 radical (unpaired) electrons. The first kappa shape index (κ1) is 53.5. The van der Waals surface area contributed by atoms with E-state index in [9.17, 15) is 19.4 Å². The molecule has 8 nitrogen and oxygen atoms in total. The summed E-state index contributed by atoms with van der Waals surface area (Å²) in [5, 5.41) is 13.8. The van der Waals surface area contributed by atoms with Gasteiger partial charge in [-0.3, -0.25) is 13.8 Å². The number of phosphoric ester groups is 1. The average molecular weight is 796 g/mol. The van der Waals surface area contributed by atoms with Gasteiger partial charge in [0.05, 0.1) is 39.9 Å². The Balaban J connectivity index is 4.40. The first-order valence-corrected chi connectivity index (χ1v) is 24.0. The zero-order valence-corrected chi connectivity index (χ0v) is 37.3. The second-order valence-corrected chi connectivity index (χ2v) is 17.9. The predicted molar refractivity (Wildman–Crippen MR) is 235 cm³/mol. The smallest absolute Gasteiger partial charge is 0.387 e. The third-order valence-corrected chi connectivity index (χ3v) is 10.7. The molecule has 55 heavy (non-hydrogen) atoms. The molecule has 3 atom stereocenters. The highest BCUT2D eigenvalue weighted by Crippen LogP contribution is 2.43. The topological polar surface area (TPSA) is 105 Å². The van der Waals surface area contributed by atoms with Crippen LogP contribution in [0.25, 0.3) is 0 Å². The number of aliphatic hydroxyl groups excluding tert-OH is 1. The van der Waals surface area contributed by atoms with Crippen LogP contribution in [-0.2, 0) is 18.4 Å². The maximum absolute atomic E-state index is 12.8. The fourth-order valence-corrected chi connectivity index (χ4v) is 6.87. The summed E-state index contributed by atoms with van der Waals surface area (Å²) < 4.78 is 23.5. The molecule has 0 saturated heterocycles. The van der Waals surface area contributed by atoms with Gasteiger partial charge in [-0.05, 0) is 64.2 Å². The Kier molecular flexibility index (Phi) is 36.9. The Bertz CT molecular complexity index is 1040. The van der Waals surface area contributed by atoms with Crippen LogP contribution in [0.4, 0.5) is 0 Å². The van der Waals surface area contributed by atoms with Crippen molar-refractivity contribution in [3.63, 3.8) is 0 Å². The molecule has 0 rings (SSSR count). The number of nitrogens with one attached hydrogen (secondary N) is 1. The molecule has 3 N–H and O–H groups in total.